The minimum absolute atomic E-state index is 0.00426. The van der Waals surface area contributed by atoms with Crippen LogP contribution in [0, 0.1) is 10.1 Å². The largest absolute Gasteiger partial charge is 0.484 e. The number of likely N-dealkylation sites (N-methyl/N-ethyl adjacent to an activating group) is 1. The lowest BCUT2D eigenvalue weighted by molar-refractivity contribution is -0.384. The molecule has 0 saturated heterocycles. The summed E-state index contributed by atoms with van der Waals surface area (Å²) in [5.74, 6) is 0.323. The lowest BCUT2D eigenvalue weighted by Crippen LogP contribution is -2.37. The van der Waals surface area contributed by atoms with Crippen molar-refractivity contribution < 1.29 is 14.5 Å². The highest BCUT2D eigenvalue weighted by molar-refractivity contribution is 5.77. The molecule has 0 spiro atoms. The van der Waals surface area contributed by atoms with Gasteiger partial charge in [0.25, 0.3) is 11.6 Å². The van der Waals surface area contributed by atoms with E-state index >= 15 is 0 Å². The van der Waals surface area contributed by atoms with Crippen LogP contribution in [-0.4, -0.2) is 35.4 Å². The molecule has 0 aliphatic heterocycles. The number of nitrogens with zero attached hydrogens (tertiary/aromatic N) is 2. The number of carbonyl (C=O) groups is 1. The maximum Gasteiger partial charge on any atom is 0.269 e. The highest BCUT2D eigenvalue weighted by Crippen LogP contribution is 2.17. The van der Waals surface area contributed by atoms with Crippen molar-refractivity contribution in [1.29, 1.82) is 0 Å². The molecule has 0 bridgehead atoms. The van der Waals surface area contributed by atoms with E-state index in [1.54, 1.807) is 11.9 Å². The molecule has 1 aromatic carbocycles. The Morgan fingerprint density at radius 2 is 2.00 bits per heavy atom. The second kappa shape index (κ2) is 6.72. The normalized spacial score (nSPS) is 11.7. The molecule has 1 atom stereocenters. The number of hydrogen-bond donors (Lipinski definition) is 0. The minimum atomic E-state index is -0.481. The number of nitro benzene ring substituents is 1. The fraction of sp³-hybridized carbons (Fsp3) is 0.462. The van der Waals surface area contributed by atoms with Gasteiger partial charge in [0.15, 0.2) is 6.61 Å². The van der Waals surface area contributed by atoms with Gasteiger partial charge < -0.3 is 9.64 Å². The maximum atomic E-state index is 11.8. The van der Waals surface area contributed by atoms with Gasteiger partial charge >= 0.3 is 0 Å². The van der Waals surface area contributed by atoms with Gasteiger partial charge in [-0.05, 0) is 25.5 Å². The number of hydrogen-bond acceptors (Lipinski definition) is 4. The van der Waals surface area contributed by atoms with E-state index in [2.05, 4.69) is 0 Å². The minimum Gasteiger partial charge on any atom is -0.484 e. The molecule has 0 aromatic heterocycles. The van der Waals surface area contributed by atoms with Gasteiger partial charge in [-0.3, -0.25) is 14.9 Å². The SMILES string of the molecule is CCC(C)N(C)C(=O)COc1ccc([N+](=O)[O-])cc1. The highest BCUT2D eigenvalue weighted by Gasteiger charge is 2.14. The summed E-state index contributed by atoms with van der Waals surface area (Å²) in [6.45, 7) is 3.90. The van der Waals surface area contributed by atoms with Crippen LogP contribution < -0.4 is 4.74 Å². The fourth-order valence-electron chi connectivity index (χ4n) is 1.43. The number of nitro groups is 1. The Kier molecular flexibility index (Phi) is 5.29. The zero-order chi connectivity index (χ0) is 14.4. The summed E-state index contributed by atoms with van der Waals surface area (Å²) in [4.78, 5) is 23.4. The van der Waals surface area contributed by atoms with E-state index < -0.39 is 4.92 Å². The molecule has 0 aliphatic carbocycles. The molecule has 0 N–H and O–H groups in total. The zero-order valence-electron chi connectivity index (χ0n) is 11.3. The van der Waals surface area contributed by atoms with E-state index in [1.165, 1.54) is 24.3 Å². The molecule has 19 heavy (non-hydrogen) atoms. The van der Waals surface area contributed by atoms with Crippen molar-refractivity contribution in [1.82, 2.24) is 4.90 Å². The third-order valence-corrected chi connectivity index (χ3v) is 3.06. The Labute approximate surface area is 112 Å². The highest BCUT2D eigenvalue weighted by atomic mass is 16.6. The first-order chi connectivity index (χ1) is 8.95. The molecule has 6 nitrogen and oxygen atoms in total. The van der Waals surface area contributed by atoms with Gasteiger partial charge in [-0.15, -0.1) is 0 Å². The predicted molar refractivity (Wildman–Crippen MR) is 71.1 cm³/mol. The molecular formula is C13H18N2O4. The first kappa shape index (κ1) is 14.9. The molecule has 1 aromatic rings. The Bertz CT molecular complexity index is 444. The summed E-state index contributed by atoms with van der Waals surface area (Å²) in [7, 11) is 1.73. The van der Waals surface area contributed by atoms with Crippen molar-refractivity contribution >= 4 is 11.6 Å². The zero-order valence-corrected chi connectivity index (χ0v) is 11.3. The number of amides is 1. The van der Waals surface area contributed by atoms with Crippen molar-refractivity contribution in [3.8, 4) is 5.75 Å². The van der Waals surface area contributed by atoms with Crippen molar-refractivity contribution in [2.45, 2.75) is 26.3 Å². The fourth-order valence-corrected chi connectivity index (χ4v) is 1.43. The number of non-ortho nitro benzene ring substituents is 1. The summed E-state index contributed by atoms with van der Waals surface area (Å²) in [5.41, 5.74) is -0.00426. The molecule has 104 valence electrons. The molecule has 0 saturated carbocycles. The van der Waals surface area contributed by atoms with E-state index in [-0.39, 0.29) is 24.2 Å². The molecule has 1 amide bonds. The Morgan fingerprint density at radius 3 is 2.47 bits per heavy atom. The standard InChI is InChI=1S/C13H18N2O4/c1-4-10(2)14(3)13(16)9-19-12-7-5-11(6-8-12)15(17)18/h5-8,10H,4,9H2,1-3H3. The van der Waals surface area contributed by atoms with E-state index in [4.69, 9.17) is 4.74 Å². The van der Waals surface area contributed by atoms with E-state index in [0.29, 0.717) is 5.75 Å². The Morgan fingerprint density at radius 1 is 1.42 bits per heavy atom. The average molecular weight is 266 g/mol. The third kappa shape index (κ3) is 4.24. The van der Waals surface area contributed by atoms with Gasteiger partial charge in [0.05, 0.1) is 4.92 Å². The Hall–Kier alpha value is -2.11. The van der Waals surface area contributed by atoms with Crippen molar-refractivity contribution in [3.05, 3.63) is 34.4 Å². The first-order valence-corrected chi connectivity index (χ1v) is 6.08. The van der Waals surface area contributed by atoms with E-state index in [0.717, 1.165) is 6.42 Å². The van der Waals surface area contributed by atoms with Crippen LogP contribution in [0.3, 0.4) is 0 Å². The van der Waals surface area contributed by atoms with Crippen LogP contribution in [0.1, 0.15) is 20.3 Å². The van der Waals surface area contributed by atoms with Crippen LogP contribution in [0.5, 0.6) is 5.75 Å². The molecule has 0 aliphatic rings. The molecule has 0 heterocycles. The first-order valence-electron chi connectivity index (χ1n) is 6.08. The lowest BCUT2D eigenvalue weighted by atomic mass is 10.2. The maximum absolute atomic E-state index is 11.8. The van der Waals surface area contributed by atoms with Gasteiger partial charge in [-0.25, -0.2) is 0 Å². The monoisotopic (exact) mass is 266 g/mol. The van der Waals surface area contributed by atoms with Gasteiger partial charge in [-0.2, -0.15) is 0 Å². The summed E-state index contributed by atoms with van der Waals surface area (Å²) in [6.07, 6.45) is 0.875. The second-order valence-corrected chi connectivity index (χ2v) is 4.30. The van der Waals surface area contributed by atoms with Gasteiger partial charge in [0, 0.05) is 25.2 Å². The van der Waals surface area contributed by atoms with Crippen molar-refractivity contribution in [2.24, 2.45) is 0 Å². The lowest BCUT2D eigenvalue weighted by Gasteiger charge is -2.23. The molecular weight excluding hydrogens is 248 g/mol. The van der Waals surface area contributed by atoms with Crippen LogP contribution in [0.4, 0.5) is 5.69 Å². The Balaban J connectivity index is 2.52. The second-order valence-electron chi connectivity index (χ2n) is 4.30. The summed E-state index contributed by atoms with van der Waals surface area (Å²) in [5, 5.41) is 10.5. The van der Waals surface area contributed by atoms with E-state index in [1.807, 2.05) is 13.8 Å². The molecule has 0 fully saturated rings. The number of benzene rings is 1. The summed E-state index contributed by atoms with van der Waals surface area (Å²) >= 11 is 0. The molecule has 1 rings (SSSR count). The third-order valence-electron chi connectivity index (χ3n) is 3.06. The van der Waals surface area contributed by atoms with Crippen molar-refractivity contribution in [2.75, 3.05) is 13.7 Å². The summed E-state index contributed by atoms with van der Waals surface area (Å²) < 4.78 is 5.30. The van der Waals surface area contributed by atoms with Crippen LogP contribution >= 0.6 is 0 Å². The van der Waals surface area contributed by atoms with Crippen LogP contribution in [-0.2, 0) is 4.79 Å². The van der Waals surface area contributed by atoms with Gasteiger partial charge in [-0.1, -0.05) is 6.92 Å². The number of rotatable bonds is 6. The van der Waals surface area contributed by atoms with Crippen molar-refractivity contribution in [3.63, 3.8) is 0 Å². The number of carbonyl (C=O) groups excluding carboxylic acids is 1. The topological polar surface area (TPSA) is 72.7 Å². The quantitative estimate of drug-likeness (QED) is 0.584. The van der Waals surface area contributed by atoms with Gasteiger partial charge in [0.1, 0.15) is 5.75 Å². The van der Waals surface area contributed by atoms with Crippen LogP contribution in [0.25, 0.3) is 0 Å². The molecule has 1 unspecified atom stereocenters. The average Bonchev–Trinajstić information content (AvgIpc) is 2.43. The molecule has 0 radical (unpaired) electrons. The smallest absolute Gasteiger partial charge is 0.269 e. The molecule has 6 heteroatoms. The van der Waals surface area contributed by atoms with Crippen LogP contribution in [0.2, 0.25) is 0 Å². The van der Waals surface area contributed by atoms with Crippen LogP contribution in [0.15, 0.2) is 24.3 Å². The van der Waals surface area contributed by atoms with E-state index in [9.17, 15) is 14.9 Å². The summed E-state index contributed by atoms with van der Waals surface area (Å²) in [6, 6.07) is 5.81. The number of ether oxygens (including phenoxy) is 1. The van der Waals surface area contributed by atoms with Gasteiger partial charge in [0.2, 0.25) is 0 Å². The predicted octanol–water partition coefficient (Wildman–Crippen LogP) is 2.23.